The van der Waals surface area contributed by atoms with Crippen molar-refractivity contribution in [2.24, 2.45) is 4.99 Å². The van der Waals surface area contributed by atoms with Gasteiger partial charge in [0.2, 0.25) is 0 Å². The highest BCUT2D eigenvalue weighted by Crippen LogP contribution is 2.37. The van der Waals surface area contributed by atoms with Crippen molar-refractivity contribution in [2.45, 2.75) is 19.6 Å². The molecule has 0 heterocycles. The van der Waals surface area contributed by atoms with Crippen LogP contribution in [0.1, 0.15) is 27.8 Å². The number of hydrogen-bond donors (Lipinski definition) is 1. The lowest BCUT2D eigenvalue weighted by Crippen LogP contribution is -2.05. The molecular formula is C24H20ClF3N2. The fourth-order valence-electron chi connectivity index (χ4n) is 3.12. The third kappa shape index (κ3) is 4.74. The van der Waals surface area contributed by atoms with Gasteiger partial charge in [0.1, 0.15) is 0 Å². The first-order valence-corrected chi connectivity index (χ1v) is 9.56. The van der Waals surface area contributed by atoms with Gasteiger partial charge in [-0.05, 0) is 47.4 Å². The van der Waals surface area contributed by atoms with E-state index in [0.717, 1.165) is 28.8 Å². The molecule has 0 spiro atoms. The maximum absolute atomic E-state index is 12.9. The molecule has 2 N–H and O–H groups in total. The Kier molecular flexibility index (Phi) is 6.32. The van der Waals surface area contributed by atoms with E-state index in [9.17, 15) is 13.2 Å². The van der Waals surface area contributed by atoms with Crippen LogP contribution in [0.15, 0.2) is 66.2 Å². The Morgan fingerprint density at radius 2 is 1.70 bits per heavy atom. The van der Waals surface area contributed by atoms with Gasteiger partial charge in [0, 0.05) is 28.1 Å². The minimum Gasteiger partial charge on any atom is -0.398 e. The number of benzene rings is 3. The Balaban J connectivity index is 1.91. The number of halogens is 4. The molecular weight excluding hydrogens is 409 g/mol. The van der Waals surface area contributed by atoms with Gasteiger partial charge in [-0.2, -0.15) is 13.2 Å². The predicted octanol–water partition coefficient (Wildman–Crippen LogP) is 7.18. The van der Waals surface area contributed by atoms with Crippen molar-refractivity contribution in [1.29, 1.82) is 0 Å². The van der Waals surface area contributed by atoms with Gasteiger partial charge in [-0.1, -0.05) is 60.7 Å². The minimum absolute atomic E-state index is 0.0305. The van der Waals surface area contributed by atoms with Gasteiger partial charge in [-0.15, -0.1) is 0 Å². The first-order chi connectivity index (χ1) is 14.2. The maximum atomic E-state index is 12.9. The molecule has 2 nitrogen and oxygen atoms in total. The van der Waals surface area contributed by atoms with Gasteiger partial charge in [-0.25, -0.2) is 0 Å². The highest BCUT2D eigenvalue weighted by molar-refractivity contribution is 6.33. The summed E-state index contributed by atoms with van der Waals surface area (Å²) in [4.78, 5) is 4.48. The Morgan fingerprint density at radius 3 is 2.30 bits per heavy atom. The predicted molar refractivity (Wildman–Crippen MR) is 119 cm³/mol. The van der Waals surface area contributed by atoms with Crippen molar-refractivity contribution in [3.05, 3.63) is 94.0 Å². The molecule has 0 aliphatic carbocycles. The monoisotopic (exact) mass is 428 g/mol. The molecule has 0 radical (unpaired) electrons. The molecule has 3 aromatic rings. The Labute approximate surface area is 178 Å². The van der Waals surface area contributed by atoms with E-state index in [1.165, 1.54) is 6.07 Å². The molecule has 0 fully saturated rings. The molecule has 154 valence electrons. The molecule has 6 heteroatoms. The Morgan fingerprint density at radius 1 is 1.03 bits per heavy atom. The third-order valence-electron chi connectivity index (χ3n) is 4.84. The van der Waals surface area contributed by atoms with Gasteiger partial charge in [0.05, 0.1) is 12.1 Å². The number of alkyl halides is 3. The Bertz CT molecular complexity index is 1100. The molecule has 3 rings (SSSR count). The van der Waals surface area contributed by atoms with Gasteiger partial charge in [0.15, 0.2) is 0 Å². The van der Waals surface area contributed by atoms with E-state index in [1.807, 2.05) is 31.2 Å². The average molecular weight is 429 g/mol. The molecule has 0 aliphatic heterocycles. The number of aliphatic imine (C=N–C) groups is 1. The van der Waals surface area contributed by atoms with Crippen LogP contribution in [-0.4, -0.2) is 6.21 Å². The summed E-state index contributed by atoms with van der Waals surface area (Å²) in [6.07, 6.45) is -0.984. The summed E-state index contributed by atoms with van der Waals surface area (Å²) in [5.74, 6) is 0. The van der Waals surface area contributed by atoms with Gasteiger partial charge in [-0.3, -0.25) is 4.99 Å². The van der Waals surface area contributed by atoms with Gasteiger partial charge >= 0.3 is 6.18 Å². The van der Waals surface area contributed by atoms with Crippen LogP contribution >= 0.6 is 11.6 Å². The fraction of sp³-hybridized carbons (Fsp3) is 0.125. The first kappa shape index (κ1) is 21.7. The zero-order chi connectivity index (χ0) is 21.9. The highest BCUT2D eigenvalue weighted by atomic mass is 35.5. The van der Waals surface area contributed by atoms with E-state index < -0.39 is 11.7 Å². The summed E-state index contributed by atoms with van der Waals surface area (Å²) in [6.45, 7) is 6.05. The molecule has 0 saturated heterocycles. The van der Waals surface area contributed by atoms with Crippen LogP contribution in [0, 0.1) is 6.92 Å². The largest absolute Gasteiger partial charge is 0.416 e. The van der Waals surface area contributed by atoms with Crippen molar-refractivity contribution < 1.29 is 13.2 Å². The summed E-state index contributed by atoms with van der Waals surface area (Å²) in [6, 6.07) is 14.7. The average Bonchev–Trinajstić information content (AvgIpc) is 2.71. The molecule has 0 bridgehead atoms. The zero-order valence-corrected chi connectivity index (χ0v) is 17.1. The van der Waals surface area contributed by atoms with Gasteiger partial charge < -0.3 is 5.73 Å². The van der Waals surface area contributed by atoms with Crippen LogP contribution in [0.3, 0.4) is 0 Å². The smallest absolute Gasteiger partial charge is 0.398 e. The van der Waals surface area contributed by atoms with Crippen LogP contribution in [0.5, 0.6) is 0 Å². The number of rotatable bonds is 5. The molecule has 0 aromatic heterocycles. The third-order valence-corrected chi connectivity index (χ3v) is 5.16. The molecule has 0 saturated carbocycles. The molecule has 0 aliphatic rings. The van der Waals surface area contributed by atoms with Crippen LogP contribution < -0.4 is 5.73 Å². The fourth-order valence-corrected chi connectivity index (χ4v) is 3.41. The molecule has 3 aromatic carbocycles. The summed E-state index contributed by atoms with van der Waals surface area (Å²) in [5.41, 5.74) is 10.7. The van der Waals surface area contributed by atoms with Crippen LogP contribution in [0.25, 0.3) is 17.2 Å². The van der Waals surface area contributed by atoms with E-state index in [0.29, 0.717) is 28.9 Å². The van der Waals surface area contributed by atoms with Gasteiger partial charge in [0.25, 0.3) is 0 Å². The number of nitrogens with zero attached hydrogens (tertiary/aromatic N) is 1. The number of nitrogens with two attached hydrogens (primary N) is 1. The summed E-state index contributed by atoms with van der Waals surface area (Å²) in [5, 5.41) is 0.0305. The quantitative estimate of drug-likeness (QED) is 0.339. The second-order valence-corrected chi connectivity index (χ2v) is 7.26. The topological polar surface area (TPSA) is 38.4 Å². The second kappa shape index (κ2) is 8.76. The van der Waals surface area contributed by atoms with Crippen molar-refractivity contribution >= 4 is 29.6 Å². The maximum Gasteiger partial charge on any atom is 0.416 e. The summed E-state index contributed by atoms with van der Waals surface area (Å²) < 4.78 is 38.8. The molecule has 30 heavy (non-hydrogen) atoms. The second-order valence-electron chi connectivity index (χ2n) is 6.85. The van der Waals surface area contributed by atoms with Crippen molar-refractivity contribution in [3.8, 4) is 11.1 Å². The van der Waals surface area contributed by atoms with E-state index in [-0.39, 0.29) is 5.02 Å². The van der Waals surface area contributed by atoms with Crippen molar-refractivity contribution in [3.63, 3.8) is 0 Å². The van der Waals surface area contributed by atoms with Crippen molar-refractivity contribution in [2.75, 3.05) is 5.73 Å². The lowest BCUT2D eigenvalue weighted by atomic mass is 9.95. The van der Waals surface area contributed by atoms with E-state index in [2.05, 4.69) is 11.6 Å². The van der Waals surface area contributed by atoms with E-state index >= 15 is 0 Å². The lowest BCUT2D eigenvalue weighted by Gasteiger charge is -2.14. The van der Waals surface area contributed by atoms with Crippen LogP contribution in [0.4, 0.5) is 18.9 Å². The summed E-state index contributed by atoms with van der Waals surface area (Å²) in [7, 11) is 0. The minimum atomic E-state index is -4.44. The van der Waals surface area contributed by atoms with E-state index in [1.54, 1.807) is 24.4 Å². The summed E-state index contributed by atoms with van der Waals surface area (Å²) >= 11 is 6.17. The highest BCUT2D eigenvalue weighted by Gasteiger charge is 2.31. The SMILES string of the molecule is C=Cc1ccc(CN=Cc2c(N)ccc(-c3ccc(C(F)(F)F)cc3Cl)c2C)cc1. The lowest BCUT2D eigenvalue weighted by molar-refractivity contribution is -0.137. The molecule has 0 unspecified atom stereocenters. The zero-order valence-electron chi connectivity index (χ0n) is 16.3. The van der Waals surface area contributed by atoms with Crippen LogP contribution in [0.2, 0.25) is 5.02 Å². The number of anilines is 1. The molecule has 0 amide bonds. The van der Waals surface area contributed by atoms with E-state index in [4.69, 9.17) is 17.3 Å². The standard InChI is InChI=1S/C24H20ClF3N2/c1-3-16-4-6-17(7-5-16)13-30-14-21-15(2)19(10-11-23(21)29)20-9-8-18(12-22(20)25)24(26,27)28/h3-12,14H,1,13,29H2,2H3. The van der Waals surface area contributed by atoms with Crippen molar-refractivity contribution in [1.82, 2.24) is 0 Å². The normalized spacial score (nSPS) is 11.8. The Hall–Kier alpha value is -3.05. The molecule has 0 atom stereocenters. The van der Waals surface area contributed by atoms with Crippen LogP contribution in [-0.2, 0) is 12.7 Å². The number of hydrogen-bond acceptors (Lipinski definition) is 2. The first-order valence-electron chi connectivity index (χ1n) is 9.18. The number of nitrogen functional groups attached to an aromatic ring is 1.